The molecule has 0 bridgehead atoms. The van der Waals surface area contributed by atoms with Gasteiger partial charge in [-0.2, -0.15) is 4.57 Å². The predicted octanol–water partition coefficient (Wildman–Crippen LogP) is 5.27. The molecular formula is C20H15ClN+. The summed E-state index contributed by atoms with van der Waals surface area (Å²) in [4.78, 5) is 0. The van der Waals surface area contributed by atoms with E-state index in [-0.39, 0.29) is 0 Å². The normalized spacial score (nSPS) is 11.3. The van der Waals surface area contributed by atoms with E-state index in [9.17, 15) is 0 Å². The van der Waals surface area contributed by atoms with Crippen LogP contribution in [0, 0.1) is 0 Å². The molecule has 0 aliphatic heterocycles. The van der Waals surface area contributed by atoms with Crippen molar-refractivity contribution in [3.05, 3.63) is 78.5 Å². The molecule has 4 rings (SSSR count). The Morgan fingerprint density at radius 1 is 0.818 bits per heavy atom. The molecule has 0 atom stereocenters. The quantitative estimate of drug-likeness (QED) is 0.205. The Bertz CT molecular complexity index is 1030. The van der Waals surface area contributed by atoms with Crippen LogP contribution >= 0.6 is 11.6 Å². The largest absolute Gasteiger partial charge is 0.283 e. The number of rotatable bonds is 2. The van der Waals surface area contributed by atoms with Gasteiger partial charge in [0.1, 0.15) is 0 Å². The third-order valence-corrected chi connectivity index (χ3v) is 4.57. The summed E-state index contributed by atoms with van der Waals surface area (Å²) in [5.41, 5.74) is 1.17. The van der Waals surface area contributed by atoms with Crippen LogP contribution in [0.3, 0.4) is 0 Å². The summed E-state index contributed by atoms with van der Waals surface area (Å²) in [7, 11) is 0. The fourth-order valence-corrected chi connectivity index (χ4v) is 3.52. The molecule has 22 heavy (non-hydrogen) atoms. The number of halogens is 1. The van der Waals surface area contributed by atoms with Crippen LogP contribution < -0.4 is 4.57 Å². The number of hydrogen-bond acceptors (Lipinski definition) is 0. The van der Waals surface area contributed by atoms with Gasteiger partial charge in [0.15, 0.2) is 6.54 Å². The molecule has 1 aromatic heterocycles. The van der Waals surface area contributed by atoms with Crippen molar-refractivity contribution in [3.8, 4) is 0 Å². The number of nitrogens with zero attached hydrogens (tertiary/aromatic N) is 1. The van der Waals surface area contributed by atoms with Crippen LogP contribution in [0.25, 0.3) is 32.4 Å². The smallest absolute Gasteiger partial charge is 0.177 e. The standard InChI is InChI=1S/C20H15ClN/c1-2-13-22-19-15-8-4-3-7-14(15)11-12-17(19)16-9-5-6-10-18(16)20(22)21/h2-12H,1,13H2/q+1. The maximum Gasteiger partial charge on any atom is 0.283 e. The highest BCUT2D eigenvalue weighted by molar-refractivity contribution is 6.34. The van der Waals surface area contributed by atoms with Crippen LogP contribution in [0.15, 0.2) is 73.3 Å². The second-order valence-corrected chi connectivity index (χ2v) is 5.78. The zero-order chi connectivity index (χ0) is 15.1. The zero-order valence-electron chi connectivity index (χ0n) is 12.1. The average Bonchev–Trinajstić information content (AvgIpc) is 2.58. The Labute approximate surface area is 134 Å². The van der Waals surface area contributed by atoms with Crippen molar-refractivity contribution in [1.29, 1.82) is 0 Å². The first-order chi connectivity index (χ1) is 10.8. The Morgan fingerprint density at radius 3 is 2.27 bits per heavy atom. The lowest BCUT2D eigenvalue weighted by molar-refractivity contribution is -0.656. The SMILES string of the molecule is C=CC[n+]1c(Cl)c2ccccc2c2ccc3ccccc3c21. The Morgan fingerprint density at radius 2 is 1.50 bits per heavy atom. The van der Waals surface area contributed by atoms with Crippen LogP contribution in [0.5, 0.6) is 0 Å². The van der Waals surface area contributed by atoms with E-state index in [4.69, 9.17) is 11.6 Å². The topological polar surface area (TPSA) is 3.88 Å². The van der Waals surface area contributed by atoms with E-state index >= 15 is 0 Å². The molecule has 0 amide bonds. The summed E-state index contributed by atoms with van der Waals surface area (Å²) in [5.74, 6) is 0. The van der Waals surface area contributed by atoms with Crippen LogP contribution in [0.4, 0.5) is 0 Å². The van der Waals surface area contributed by atoms with Crippen LogP contribution in [-0.2, 0) is 6.54 Å². The first-order valence-electron chi connectivity index (χ1n) is 7.33. The predicted molar refractivity (Wildman–Crippen MR) is 94.4 cm³/mol. The number of fused-ring (bicyclic) bond motifs is 5. The molecule has 2 heteroatoms. The fraction of sp³-hybridized carbons (Fsp3) is 0.0500. The number of aromatic nitrogens is 1. The molecule has 1 heterocycles. The van der Waals surface area contributed by atoms with Crippen molar-refractivity contribution in [1.82, 2.24) is 0 Å². The highest BCUT2D eigenvalue weighted by Crippen LogP contribution is 2.31. The van der Waals surface area contributed by atoms with E-state index in [0.717, 1.165) is 10.5 Å². The van der Waals surface area contributed by atoms with Gasteiger partial charge in [-0.1, -0.05) is 49.0 Å². The monoisotopic (exact) mass is 304 g/mol. The molecule has 0 spiro atoms. The van der Waals surface area contributed by atoms with E-state index in [1.807, 2.05) is 12.1 Å². The van der Waals surface area contributed by atoms with E-state index < -0.39 is 0 Å². The second-order valence-electron chi connectivity index (χ2n) is 5.42. The highest BCUT2D eigenvalue weighted by Gasteiger charge is 2.21. The van der Waals surface area contributed by atoms with Gasteiger partial charge in [0.05, 0.1) is 16.2 Å². The number of allylic oxidation sites excluding steroid dienone is 1. The molecular weight excluding hydrogens is 290 g/mol. The summed E-state index contributed by atoms with van der Waals surface area (Å²) in [6.07, 6.45) is 1.89. The number of pyridine rings is 1. The van der Waals surface area contributed by atoms with Crippen LogP contribution in [0.1, 0.15) is 0 Å². The molecule has 4 aromatic rings. The molecule has 0 unspecified atom stereocenters. The summed E-state index contributed by atoms with van der Waals surface area (Å²) in [6, 6.07) is 21.1. The maximum atomic E-state index is 6.71. The Balaban J connectivity index is 2.35. The molecule has 0 N–H and O–H groups in total. The molecule has 0 saturated heterocycles. The van der Waals surface area contributed by atoms with Gasteiger partial charge in [-0.3, -0.25) is 0 Å². The van der Waals surface area contributed by atoms with Gasteiger partial charge in [-0.05, 0) is 41.3 Å². The fourth-order valence-electron chi connectivity index (χ4n) is 3.21. The molecule has 3 aromatic carbocycles. The van der Waals surface area contributed by atoms with Gasteiger partial charge in [0.25, 0.3) is 5.15 Å². The molecule has 1 nitrogen and oxygen atoms in total. The third kappa shape index (κ3) is 1.83. The van der Waals surface area contributed by atoms with Crippen molar-refractivity contribution in [2.24, 2.45) is 0 Å². The lowest BCUT2D eigenvalue weighted by Crippen LogP contribution is -2.35. The van der Waals surface area contributed by atoms with Crippen molar-refractivity contribution in [2.45, 2.75) is 6.54 Å². The van der Waals surface area contributed by atoms with Crippen molar-refractivity contribution in [2.75, 3.05) is 0 Å². The minimum Gasteiger partial charge on any atom is -0.177 e. The van der Waals surface area contributed by atoms with Gasteiger partial charge in [0.2, 0.25) is 5.52 Å². The first kappa shape index (κ1) is 13.3. The lowest BCUT2D eigenvalue weighted by Gasteiger charge is -2.09. The molecule has 0 radical (unpaired) electrons. The van der Waals surface area contributed by atoms with Crippen LogP contribution in [0.2, 0.25) is 5.15 Å². The van der Waals surface area contributed by atoms with Gasteiger partial charge in [0, 0.05) is 5.39 Å². The third-order valence-electron chi connectivity index (χ3n) is 4.16. The Kier molecular flexibility index (Phi) is 3.09. The Hall–Kier alpha value is -2.38. The van der Waals surface area contributed by atoms with E-state index in [1.54, 1.807) is 0 Å². The minimum atomic E-state index is 0.689. The van der Waals surface area contributed by atoms with Gasteiger partial charge >= 0.3 is 0 Å². The van der Waals surface area contributed by atoms with Gasteiger partial charge < -0.3 is 0 Å². The van der Waals surface area contributed by atoms with Crippen molar-refractivity contribution < 1.29 is 4.57 Å². The minimum absolute atomic E-state index is 0.689. The van der Waals surface area contributed by atoms with E-state index in [2.05, 4.69) is 65.7 Å². The number of hydrogen-bond donors (Lipinski definition) is 0. The zero-order valence-corrected chi connectivity index (χ0v) is 12.8. The van der Waals surface area contributed by atoms with Crippen LogP contribution in [-0.4, -0.2) is 0 Å². The van der Waals surface area contributed by atoms with Crippen molar-refractivity contribution in [3.63, 3.8) is 0 Å². The molecule has 0 saturated carbocycles. The highest BCUT2D eigenvalue weighted by atomic mass is 35.5. The maximum absolute atomic E-state index is 6.71. The molecule has 0 aliphatic rings. The van der Waals surface area contributed by atoms with Crippen molar-refractivity contribution >= 4 is 44.0 Å². The van der Waals surface area contributed by atoms with Gasteiger partial charge in [-0.25, -0.2) is 0 Å². The summed E-state index contributed by atoms with van der Waals surface area (Å²) < 4.78 is 2.15. The average molecular weight is 305 g/mol. The summed E-state index contributed by atoms with van der Waals surface area (Å²) in [5, 5.41) is 6.69. The summed E-state index contributed by atoms with van der Waals surface area (Å²) in [6.45, 7) is 4.57. The number of benzene rings is 3. The first-order valence-corrected chi connectivity index (χ1v) is 7.71. The molecule has 0 fully saturated rings. The van der Waals surface area contributed by atoms with E-state index in [1.165, 1.54) is 27.1 Å². The summed E-state index contributed by atoms with van der Waals surface area (Å²) >= 11 is 6.71. The van der Waals surface area contributed by atoms with E-state index in [0.29, 0.717) is 6.54 Å². The lowest BCUT2D eigenvalue weighted by atomic mass is 10.0. The molecule has 0 aliphatic carbocycles. The second kappa shape index (κ2) is 5.11. The van der Waals surface area contributed by atoms with Gasteiger partial charge in [-0.15, -0.1) is 0 Å². The molecule has 106 valence electrons.